The lowest BCUT2D eigenvalue weighted by Crippen LogP contribution is -2.15. The molecule has 266 valence electrons. The first-order valence-electron chi connectivity index (χ1n) is 18.5. The largest absolute Gasteiger partial charge is 0.453 e. The summed E-state index contributed by atoms with van der Waals surface area (Å²) in [6.45, 7) is 0. The van der Waals surface area contributed by atoms with Crippen molar-refractivity contribution in [3.8, 4) is 69.2 Å². The molecule has 0 amide bonds. The number of ether oxygens (including phenoxy) is 1. The van der Waals surface area contributed by atoms with Crippen molar-refractivity contribution in [2.45, 2.75) is 0 Å². The van der Waals surface area contributed by atoms with Gasteiger partial charge in [0.15, 0.2) is 11.5 Å². The maximum Gasteiger partial charge on any atom is 0.151 e. The van der Waals surface area contributed by atoms with Gasteiger partial charge < -0.3 is 9.64 Å². The molecule has 0 atom stereocenters. The minimum atomic E-state index is 0.0423. The molecular formula is C50H24N6OS. The molecule has 0 bridgehead atoms. The third kappa shape index (κ3) is 4.56. The average molecular weight is 757 g/mol. The molecular weight excluding hydrogens is 733 g/mol. The van der Waals surface area contributed by atoms with Gasteiger partial charge in [0.05, 0.1) is 44.7 Å². The Morgan fingerprint density at radius 1 is 0.466 bits per heavy atom. The minimum Gasteiger partial charge on any atom is -0.453 e. The van der Waals surface area contributed by atoms with E-state index in [9.17, 15) is 21.0 Å². The summed E-state index contributed by atoms with van der Waals surface area (Å²) >= 11 is 1.72. The van der Waals surface area contributed by atoms with Crippen molar-refractivity contribution in [2.75, 3.05) is 4.90 Å². The zero-order valence-electron chi connectivity index (χ0n) is 30.4. The van der Waals surface area contributed by atoms with E-state index in [0.717, 1.165) is 49.9 Å². The predicted molar refractivity (Wildman–Crippen MR) is 229 cm³/mol. The highest BCUT2D eigenvalue weighted by atomic mass is 32.1. The van der Waals surface area contributed by atoms with E-state index < -0.39 is 0 Å². The molecule has 0 saturated carbocycles. The quantitative estimate of drug-likeness (QED) is 0.177. The van der Waals surface area contributed by atoms with Gasteiger partial charge in [-0.05, 0) is 94.4 Å². The molecule has 0 radical (unpaired) electrons. The number of thiophene rings is 1. The summed E-state index contributed by atoms with van der Waals surface area (Å²) in [5.41, 5.74) is 8.56. The summed E-state index contributed by atoms with van der Waals surface area (Å²) in [5, 5.41) is 49.7. The molecule has 10 aromatic rings. The van der Waals surface area contributed by atoms with Gasteiger partial charge in [0.25, 0.3) is 0 Å². The van der Waals surface area contributed by atoms with E-state index >= 15 is 0 Å². The van der Waals surface area contributed by atoms with E-state index in [2.05, 4.69) is 81.4 Å². The lowest BCUT2D eigenvalue weighted by atomic mass is 9.82. The standard InChI is InChI=1S/C50H24N6OS/c51-25-38-40(27-53)48(31-9-7-8-30(22-31)32-23-36-34-10-1-2-11-42(34)56-49(36)37(24-32)35-20-21-58-50(35)56)41(28-54)39(26-52)47(38)29-16-18-33(19-17-29)55-43-12-3-5-14-45(43)57-46-15-6-4-13-44(46)55/h1-24H. The van der Waals surface area contributed by atoms with Gasteiger partial charge in [-0.3, -0.25) is 4.40 Å². The number of fused-ring (bicyclic) bond motifs is 8. The van der Waals surface area contributed by atoms with Crippen LogP contribution in [0.15, 0.2) is 145 Å². The normalized spacial score (nSPS) is 11.8. The lowest BCUT2D eigenvalue weighted by molar-refractivity contribution is 0.477. The van der Waals surface area contributed by atoms with Gasteiger partial charge in [-0.2, -0.15) is 21.0 Å². The van der Waals surface area contributed by atoms with Crippen LogP contribution in [-0.2, 0) is 0 Å². The van der Waals surface area contributed by atoms with Gasteiger partial charge >= 0.3 is 0 Å². The Morgan fingerprint density at radius 2 is 1.03 bits per heavy atom. The van der Waals surface area contributed by atoms with Gasteiger partial charge in [0.2, 0.25) is 0 Å². The molecule has 7 nitrogen and oxygen atoms in total. The van der Waals surface area contributed by atoms with Crippen LogP contribution in [0.3, 0.4) is 0 Å². The van der Waals surface area contributed by atoms with Crippen molar-refractivity contribution in [2.24, 2.45) is 0 Å². The molecule has 3 aromatic heterocycles. The Morgan fingerprint density at radius 3 is 1.69 bits per heavy atom. The molecule has 0 spiro atoms. The molecule has 7 aromatic carbocycles. The molecule has 0 N–H and O–H groups in total. The number of hydrogen-bond acceptors (Lipinski definition) is 7. The highest BCUT2D eigenvalue weighted by molar-refractivity contribution is 7.17. The Bertz CT molecular complexity index is 3450. The van der Waals surface area contributed by atoms with Gasteiger partial charge in [-0.15, -0.1) is 11.3 Å². The fourth-order valence-electron chi connectivity index (χ4n) is 8.75. The molecule has 0 aliphatic carbocycles. The SMILES string of the molecule is N#Cc1c(C#N)c(-c2cccc(-c3cc4c5ccccc5n5c6sccc6c(c3)c45)c2)c(C#N)c(C#N)c1-c1ccc(N2c3ccccc3Oc3ccccc32)cc1. The Hall–Kier alpha value is -8.40. The topological polar surface area (TPSA) is 112 Å². The highest BCUT2D eigenvalue weighted by Crippen LogP contribution is 2.51. The van der Waals surface area contributed by atoms with Crippen molar-refractivity contribution in [3.63, 3.8) is 0 Å². The van der Waals surface area contributed by atoms with E-state index in [0.29, 0.717) is 22.6 Å². The molecule has 11 rings (SSSR count). The molecule has 1 aliphatic heterocycles. The fraction of sp³-hybridized carbons (Fsp3) is 0. The van der Waals surface area contributed by atoms with Crippen molar-refractivity contribution in [1.82, 2.24) is 4.40 Å². The molecule has 0 saturated heterocycles. The smallest absolute Gasteiger partial charge is 0.151 e. The van der Waals surface area contributed by atoms with Gasteiger partial charge in [0.1, 0.15) is 29.1 Å². The molecule has 0 fully saturated rings. The van der Waals surface area contributed by atoms with Crippen LogP contribution >= 0.6 is 11.3 Å². The zero-order valence-corrected chi connectivity index (χ0v) is 31.2. The first kappa shape index (κ1) is 33.0. The summed E-state index contributed by atoms with van der Waals surface area (Å²) in [7, 11) is 0. The predicted octanol–water partition coefficient (Wildman–Crippen LogP) is 13.0. The van der Waals surface area contributed by atoms with Crippen LogP contribution < -0.4 is 9.64 Å². The lowest BCUT2D eigenvalue weighted by Gasteiger charge is -2.32. The number of aromatic nitrogens is 1. The first-order chi connectivity index (χ1) is 28.6. The second-order valence-electron chi connectivity index (χ2n) is 14.1. The number of anilines is 3. The van der Waals surface area contributed by atoms with E-state index in [1.807, 2.05) is 97.1 Å². The zero-order chi connectivity index (χ0) is 39.1. The van der Waals surface area contributed by atoms with Gasteiger partial charge in [0, 0.05) is 38.4 Å². The Balaban J connectivity index is 1.06. The van der Waals surface area contributed by atoms with Crippen LogP contribution in [0.2, 0.25) is 0 Å². The third-order valence-corrected chi connectivity index (χ3v) is 12.1. The average Bonchev–Trinajstić information content (AvgIpc) is 3.98. The molecule has 58 heavy (non-hydrogen) atoms. The summed E-state index contributed by atoms with van der Waals surface area (Å²) in [4.78, 5) is 3.29. The van der Waals surface area contributed by atoms with Crippen LogP contribution in [0, 0.1) is 45.3 Å². The van der Waals surface area contributed by atoms with E-state index in [4.69, 9.17) is 4.74 Å². The van der Waals surface area contributed by atoms with Crippen LogP contribution in [-0.4, -0.2) is 4.40 Å². The molecule has 0 unspecified atom stereocenters. The van der Waals surface area contributed by atoms with Crippen molar-refractivity contribution >= 4 is 65.8 Å². The van der Waals surface area contributed by atoms with Crippen molar-refractivity contribution in [1.29, 1.82) is 21.0 Å². The van der Waals surface area contributed by atoms with Crippen molar-refractivity contribution < 1.29 is 4.74 Å². The highest BCUT2D eigenvalue weighted by Gasteiger charge is 2.29. The summed E-state index contributed by atoms with van der Waals surface area (Å²) in [6.07, 6.45) is 0. The summed E-state index contributed by atoms with van der Waals surface area (Å²) < 4.78 is 8.54. The van der Waals surface area contributed by atoms with Crippen LogP contribution in [0.5, 0.6) is 11.5 Å². The third-order valence-electron chi connectivity index (χ3n) is 11.2. The molecule has 8 heteroatoms. The van der Waals surface area contributed by atoms with E-state index in [1.54, 1.807) is 11.3 Å². The molecule has 4 heterocycles. The number of rotatable bonds is 4. The number of hydrogen-bond donors (Lipinski definition) is 0. The fourth-order valence-corrected chi connectivity index (χ4v) is 9.68. The first-order valence-corrected chi connectivity index (χ1v) is 19.4. The van der Waals surface area contributed by atoms with E-state index in [-0.39, 0.29) is 33.4 Å². The van der Waals surface area contributed by atoms with Gasteiger partial charge in [-0.1, -0.05) is 72.8 Å². The Labute approximate surface area is 335 Å². The van der Waals surface area contributed by atoms with Crippen LogP contribution in [0.25, 0.3) is 70.8 Å². The maximum atomic E-state index is 10.8. The maximum absolute atomic E-state index is 10.8. The number of nitriles is 4. The molecule has 1 aliphatic rings. The Kier molecular flexibility index (Phi) is 7.15. The second kappa shape index (κ2) is 12.6. The minimum absolute atomic E-state index is 0.0423. The van der Waals surface area contributed by atoms with Gasteiger partial charge in [-0.25, -0.2) is 0 Å². The summed E-state index contributed by atoms with van der Waals surface area (Å²) in [6, 6.07) is 54.7. The second-order valence-corrected chi connectivity index (χ2v) is 15.0. The van der Waals surface area contributed by atoms with Crippen LogP contribution in [0.4, 0.5) is 17.1 Å². The van der Waals surface area contributed by atoms with Crippen LogP contribution in [0.1, 0.15) is 22.3 Å². The monoisotopic (exact) mass is 756 g/mol. The van der Waals surface area contributed by atoms with Crippen molar-refractivity contribution in [3.05, 3.63) is 167 Å². The van der Waals surface area contributed by atoms with E-state index in [1.165, 1.54) is 15.7 Å². The number of benzene rings is 7. The number of nitrogens with zero attached hydrogens (tertiary/aromatic N) is 6. The number of para-hydroxylation sites is 5. The summed E-state index contributed by atoms with van der Waals surface area (Å²) in [5.74, 6) is 1.43.